The van der Waals surface area contributed by atoms with Gasteiger partial charge in [0.05, 0.1) is 12.4 Å². The fraction of sp³-hybridized carbons (Fsp3) is 0.143. The van der Waals surface area contributed by atoms with Crippen molar-refractivity contribution in [3.8, 4) is 18.1 Å². The molecule has 0 N–H and O–H groups in total. The summed E-state index contributed by atoms with van der Waals surface area (Å²) in [7, 11) is 0. The van der Waals surface area contributed by atoms with E-state index in [1.54, 1.807) is 0 Å². The van der Waals surface area contributed by atoms with E-state index in [1.165, 1.54) is 12.4 Å². The van der Waals surface area contributed by atoms with Crippen molar-refractivity contribution in [1.29, 1.82) is 0 Å². The maximum Gasteiger partial charge on any atom is 0.222 e. The molecular weight excluding hydrogens is 164 g/mol. The molecule has 0 aliphatic heterocycles. The summed E-state index contributed by atoms with van der Waals surface area (Å²) in [5.41, 5.74) is 0. The Morgan fingerprint density at radius 2 is 2.18 bits per heavy atom. The Morgan fingerprint density at radius 3 is 2.73 bits per heavy atom. The van der Waals surface area contributed by atoms with Crippen LogP contribution in [0.5, 0.6) is 5.75 Å². The van der Waals surface area contributed by atoms with E-state index in [0.717, 1.165) is 0 Å². The Hall–Kier alpha value is -1.27. The third-order valence-corrected chi connectivity index (χ3v) is 1.11. The van der Waals surface area contributed by atoms with Gasteiger partial charge in [0.2, 0.25) is 5.28 Å². The largest absolute Gasteiger partial charge is 0.478 e. The first-order chi connectivity index (χ1) is 5.33. The lowest BCUT2D eigenvalue weighted by atomic mass is 10.6. The lowest BCUT2D eigenvalue weighted by Gasteiger charge is -1.98. The summed E-state index contributed by atoms with van der Waals surface area (Å²) in [4.78, 5) is 7.39. The van der Waals surface area contributed by atoms with E-state index in [2.05, 4.69) is 15.9 Å². The Labute approximate surface area is 69.4 Å². The van der Waals surface area contributed by atoms with Crippen LogP contribution in [0.25, 0.3) is 0 Å². The van der Waals surface area contributed by atoms with E-state index in [1.807, 2.05) is 0 Å². The van der Waals surface area contributed by atoms with Crippen LogP contribution >= 0.6 is 11.6 Å². The zero-order chi connectivity index (χ0) is 8.10. The molecule has 4 heteroatoms. The van der Waals surface area contributed by atoms with E-state index in [-0.39, 0.29) is 11.9 Å². The minimum Gasteiger partial charge on any atom is -0.478 e. The first-order valence-corrected chi connectivity index (χ1v) is 3.24. The van der Waals surface area contributed by atoms with Gasteiger partial charge in [0.25, 0.3) is 0 Å². The van der Waals surface area contributed by atoms with Gasteiger partial charge in [-0.15, -0.1) is 6.42 Å². The van der Waals surface area contributed by atoms with E-state index in [0.29, 0.717) is 5.75 Å². The zero-order valence-corrected chi connectivity index (χ0v) is 6.38. The highest BCUT2D eigenvalue weighted by Gasteiger charge is 1.92. The van der Waals surface area contributed by atoms with Crippen molar-refractivity contribution in [3.63, 3.8) is 0 Å². The topological polar surface area (TPSA) is 35.0 Å². The zero-order valence-electron chi connectivity index (χ0n) is 5.62. The van der Waals surface area contributed by atoms with Crippen molar-refractivity contribution < 1.29 is 4.74 Å². The molecule has 0 aliphatic carbocycles. The van der Waals surface area contributed by atoms with Crippen molar-refractivity contribution in [3.05, 3.63) is 17.7 Å². The van der Waals surface area contributed by atoms with Crippen LogP contribution in [0.3, 0.4) is 0 Å². The van der Waals surface area contributed by atoms with E-state index in [4.69, 9.17) is 22.8 Å². The van der Waals surface area contributed by atoms with Gasteiger partial charge in [-0.3, -0.25) is 0 Å². The number of terminal acetylenes is 1. The summed E-state index contributed by atoms with van der Waals surface area (Å²) in [6.07, 6.45) is 7.89. The summed E-state index contributed by atoms with van der Waals surface area (Å²) in [6.45, 7) is 0.213. The van der Waals surface area contributed by atoms with Crippen LogP contribution < -0.4 is 4.74 Å². The van der Waals surface area contributed by atoms with Gasteiger partial charge >= 0.3 is 0 Å². The summed E-state index contributed by atoms with van der Waals surface area (Å²) >= 11 is 5.43. The third-order valence-electron chi connectivity index (χ3n) is 0.919. The molecule has 1 aromatic rings. The fourth-order valence-corrected chi connectivity index (χ4v) is 0.598. The summed E-state index contributed by atoms with van der Waals surface area (Å²) in [5, 5.41) is 0.193. The molecule has 0 spiro atoms. The minimum atomic E-state index is 0.193. The lowest BCUT2D eigenvalue weighted by Crippen LogP contribution is -1.94. The SMILES string of the molecule is C#CCOc1cnc(Cl)nc1. The van der Waals surface area contributed by atoms with Crippen LogP contribution in [0.15, 0.2) is 12.4 Å². The van der Waals surface area contributed by atoms with Gasteiger partial charge in [0, 0.05) is 0 Å². The normalized spacial score (nSPS) is 8.73. The summed E-state index contributed by atoms with van der Waals surface area (Å²) < 4.78 is 4.99. The van der Waals surface area contributed by atoms with Gasteiger partial charge in [-0.1, -0.05) is 5.92 Å². The van der Waals surface area contributed by atoms with Crippen molar-refractivity contribution in [1.82, 2.24) is 9.97 Å². The average Bonchev–Trinajstić information content (AvgIpc) is 2.04. The highest BCUT2D eigenvalue weighted by Crippen LogP contribution is 2.07. The molecule has 0 atom stereocenters. The smallest absolute Gasteiger partial charge is 0.222 e. The van der Waals surface area contributed by atoms with Crippen molar-refractivity contribution in [2.24, 2.45) is 0 Å². The average molecular weight is 169 g/mol. The fourth-order valence-electron chi connectivity index (χ4n) is 0.500. The maximum absolute atomic E-state index is 5.43. The predicted molar refractivity (Wildman–Crippen MR) is 41.4 cm³/mol. The maximum atomic E-state index is 5.43. The van der Waals surface area contributed by atoms with Crippen LogP contribution in [0, 0.1) is 12.3 Å². The predicted octanol–water partition coefficient (Wildman–Crippen LogP) is 1.14. The Balaban J connectivity index is 2.60. The van der Waals surface area contributed by atoms with Gasteiger partial charge < -0.3 is 4.74 Å². The molecule has 1 heterocycles. The Bertz CT molecular complexity index is 265. The van der Waals surface area contributed by atoms with Crippen molar-refractivity contribution >= 4 is 11.6 Å². The second kappa shape index (κ2) is 3.79. The number of ether oxygens (including phenoxy) is 1. The monoisotopic (exact) mass is 168 g/mol. The van der Waals surface area contributed by atoms with Gasteiger partial charge in [-0.25, -0.2) is 9.97 Å². The van der Waals surface area contributed by atoms with Gasteiger partial charge in [0.15, 0.2) is 5.75 Å². The molecule has 0 unspecified atom stereocenters. The van der Waals surface area contributed by atoms with Crippen molar-refractivity contribution in [2.75, 3.05) is 6.61 Å². The van der Waals surface area contributed by atoms with Crippen molar-refractivity contribution in [2.45, 2.75) is 0 Å². The molecule has 0 saturated carbocycles. The molecule has 0 bridgehead atoms. The highest BCUT2D eigenvalue weighted by atomic mass is 35.5. The minimum absolute atomic E-state index is 0.193. The third kappa shape index (κ3) is 2.44. The van der Waals surface area contributed by atoms with E-state index >= 15 is 0 Å². The quantitative estimate of drug-likeness (QED) is 0.491. The number of halogens is 1. The molecule has 1 rings (SSSR count). The number of nitrogens with zero attached hydrogens (tertiary/aromatic N) is 2. The molecule has 0 aliphatic rings. The van der Waals surface area contributed by atoms with Gasteiger partial charge in [-0.2, -0.15) is 0 Å². The van der Waals surface area contributed by atoms with Crippen LogP contribution in [-0.4, -0.2) is 16.6 Å². The second-order valence-corrected chi connectivity index (χ2v) is 2.02. The molecule has 0 aromatic carbocycles. The number of rotatable bonds is 2. The first-order valence-electron chi connectivity index (χ1n) is 2.86. The van der Waals surface area contributed by atoms with E-state index in [9.17, 15) is 0 Å². The Kier molecular flexibility index (Phi) is 2.70. The van der Waals surface area contributed by atoms with Crippen LogP contribution in [0.2, 0.25) is 5.28 Å². The van der Waals surface area contributed by atoms with Gasteiger partial charge in [-0.05, 0) is 11.6 Å². The molecule has 0 radical (unpaired) electrons. The number of aromatic nitrogens is 2. The molecule has 11 heavy (non-hydrogen) atoms. The molecule has 0 saturated heterocycles. The van der Waals surface area contributed by atoms with Crippen LogP contribution in [0.1, 0.15) is 0 Å². The van der Waals surface area contributed by atoms with Crippen LogP contribution in [-0.2, 0) is 0 Å². The second-order valence-electron chi connectivity index (χ2n) is 1.68. The molecular formula is C7H5ClN2O. The summed E-state index contributed by atoms with van der Waals surface area (Å²) in [5.74, 6) is 2.84. The molecule has 56 valence electrons. The lowest BCUT2D eigenvalue weighted by molar-refractivity contribution is 0.367. The first kappa shape index (κ1) is 7.83. The van der Waals surface area contributed by atoms with Crippen LogP contribution in [0.4, 0.5) is 0 Å². The number of hydrogen-bond acceptors (Lipinski definition) is 3. The van der Waals surface area contributed by atoms with E-state index < -0.39 is 0 Å². The molecule has 0 amide bonds. The molecule has 0 fully saturated rings. The standard InChI is InChI=1S/C7H5ClN2O/c1-2-3-11-6-4-9-7(8)10-5-6/h1,4-5H,3H2. The highest BCUT2D eigenvalue weighted by molar-refractivity contribution is 6.28. The summed E-state index contributed by atoms with van der Waals surface area (Å²) in [6, 6.07) is 0. The molecule has 3 nitrogen and oxygen atoms in total. The van der Waals surface area contributed by atoms with Gasteiger partial charge in [0.1, 0.15) is 6.61 Å². The Morgan fingerprint density at radius 1 is 1.55 bits per heavy atom. The number of hydrogen-bond donors (Lipinski definition) is 0. The molecule has 1 aromatic heterocycles.